The van der Waals surface area contributed by atoms with Gasteiger partial charge in [-0.15, -0.1) is 0 Å². The van der Waals surface area contributed by atoms with E-state index < -0.39 is 33.4 Å². The predicted molar refractivity (Wildman–Crippen MR) is 87.4 cm³/mol. The third-order valence-corrected chi connectivity index (χ3v) is 7.29. The zero-order valence-corrected chi connectivity index (χ0v) is 14.9. The van der Waals surface area contributed by atoms with Crippen LogP contribution in [0.5, 0.6) is 0 Å². The lowest BCUT2D eigenvalue weighted by Gasteiger charge is -2.32. The highest BCUT2D eigenvalue weighted by molar-refractivity contribution is 7.91. The van der Waals surface area contributed by atoms with Crippen LogP contribution in [0.3, 0.4) is 0 Å². The number of amides is 2. The first kappa shape index (κ1) is 17.0. The number of sulfone groups is 1. The molecule has 4 aliphatic heterocycles. The van der Waals surface area contributed by atoms with Gasteiger partial charge < -0.3 is 19.3 Å². The van der Waals surface area contributed by atoms with Crippen LogP contribution in [-0.4, -0.2) is 93.1 Å². The fourth-order valence-corrected chi connectivity index (χ4v) is 5.60. The maximum absolute atomic E-state index is 13.0. The first-order valence-electron chi connectivity index (χ1n) is 8.51. The van der Waals surface area contributed by atoms with Crippen molar-refractivity contribution in [3.63, 3.8) is 0 Å². The molecule has 2 unspecified atom stereocenters. The van der Waals surface area contributed by atoms with Gasteiger partial charge in [0.05, 0.1) is 42.6 Å². The third-order valence-electron chi connectivity index (χ3n) is 5.69. The predicted octanol–water partition coefficient (Wildman–Crippen LogP) is -1.33. The van der Waals surface area contributed by atoms with Gasteiger partial charge in [0, 0.05) is 26.7 Å². The number of hydrogen-bond donors (Lipinski definition) is 0. The van der Waals surface area contributed by atoms with Crippen LogP contribution in [0.15, 0.2) is 12.2 Å². The van der Waals surface area contributed by atoms with Crippen LogP contribution in [0, 0.1) is 11.8 Å². The van der Waals surface area contributed by atoms with E-state index in [0.29, 0.717) is 19.7 Å². The molecule has 8 nitrogen and oxygen atoms in total. The van der Waals surface area contributed by atoms with E-state index in [1.807, 2.05) is 12.2 Å². The number of methoxy groups -OCH3 is 1. The molecule has 0 aromatic carbocycles. The Hall–Kier alpha value is -1.45. The van der Waals surface area contributed by atoms with Crippen molar-refractivity contribution < 1.29 is 27.5 Å². The van der Waals surface area contributed by atoms with Crippen LogP contribution in [0.1, 0.15) is 0 Å². The van der Waals surface area contributed by atoms with E-state index in [1.54, 1.807) is 16.9 Å². The van der Waals surface area contributed by atoms with Crippen LogP contribution < -0.4 is 0 Å². The van der Waals surface area contributed by atoms with Gasteiger partial charge in [-0.1, -0.05) is 12.2 Å². The summed E-state index contributed by atoms with van der Waals surface area (Å²) in [5.74, 6) is -1.37. The number of rotatable bonds is 4. The van der Waals surface area contributed by atoms with Crippen molar-refractivity contribution in [3.05, 3.63) is 12.2 Å². The van der Waals surface area contributed by atoms with Crippen LogP contribution in [-0.2, 0) is 28.9 Å². The Morgan fingerprint density at radius 3 is 2.80 bits per heavy atom. The van der Waals surface area contributed by atoms with Gasteiger partial charge in [-0.25, -0.2) is 8.42 Å². The summed E-state index contributed by atoms with van der Waals surface area (Å²) >= 11 is 0. The summed E-state index contributed by atoms with van der Waals surface area (Å²) in [5, 5.41) is 0. The van der Waals surface area contributed by atoms with Crippen molar-refractivity contribution in [1.82, 2.24) is 9.80 Å². The van der Waals surface area contributed by atoms with Crippen LogP contribution in [0.4, 0.5) is 0 Å². The monoisotopic (exact) mass is 370 g/mol. The smallest absolute Gasteiger partial charge is 0.230 e. The minimum Gasteiger partial charge on any atom is -0.383 e. The number of ether oxygens (including phenoxy) is 2. The van der Waals surface area contributed by atoms with Gasteiger partial charge in [-0.3, -0.25) is 9.59 Å². The molecule has 4 rings (SSSR count). The van der Waals surface area contributed by atoms with E-state index in [0.717, 1.165) is 0 Å². The molecule has 0 radical (unpaired) electrons. The minimum absolute atomic E-state index is 0.0173. The van der Waals surface area contributed by atoms with Gasteiger partial charge in [-0.2, -0.15) is 0 Å². The topological polar surface area (TPSA) is 93.2 Å². The van der Waals surface area contributed by atoms with Crippen molar-refractivity contribution >= 4 is 21.7 Å². The second-order valence-corrected chi connectivity index (χ2v) is 9.43. The molecule has 0 aromatic heterocycles. The SMILES string of the molecule is COCCN1C[C@@]23C=C[C@@H](O2)C(C(=O)N2CCS(=O)(=O)CC2)C3C1=O. The largest absolute Gasteiger partial charge is 0.383 e. The van der Waals surface area contributed by atoms with Gasteiger partial charge in [0.15, 0.2) is 9.84 Å². The second kappa shape index (κ2) is 5.78. The zero-order chi connectivity index (χ0) is 17.8. The quantitative estimate of drug-likeness (QED) is 0.570. The van der Waals surface area contributed by atoms with E-state index in [4.69, 9.17) is 9.47 Å². The number of carbonyl (C=O) groups excluding carboxylic acids is 2. The highest BCUT2D eigenvalue weighted by Crippen LogP contribution is 2.52. The molecule has 3 saturated heterocycles. The Morgan fingerprint density at radius 2 is 2.12 bits per heavy atom. The molecular weight excluding hydrogens is 348 g/mol. The number of fused-ring (bicyclic) bond motifs is 1. The first-order chi connectivity index (χ1) is 11.9. The maximum Gasteiger partial charge on any atom is 0.230 e. The van der Waals surface area contributed by atoms with Gasteiger partial charge in [0.25, 0.3) is 0 Å². The van der Waals surface area contributed by atoms with Crippen LogP contribution in [0.2, 0.25) is 0 Å². The molecule has 4 heterocycles. The number of hydrogen-bond acceptors (Lipinski definition) is 6. The molecule has 1 spiro atoms. The Morgan fingerprint density at radius 1 is 1.40 bits per heavy atom. The summed E-state index contributed by atoms with van der Waals surface area (Å²) in [6.45, 7) is 1.72. The third kappa shape index (κ3) is 2.60. The van der Waals surface area contributed by atoms with E-state index in [9.17, 15) is 18.0 Å². The summed E-state index contributed by atoms with van der Waals surface area (Å²) in [6.07, 6.45) is 3.38. The van der Waals surface area contributed by atoms with Gasteiger partial charge in [-0.05, 0) is 0 Å². The lowest BCUT2D eigenvalue weighted by molar-refractivity contribution is -0.143. The maximum atomic E-state index is 13.0. The lowest BCUT2D eigenvalue weighted by atomic mass is 9.76. The Labute approximate surface area is 146 Å². The van der Waals surface area contributed by atoms with Gasteiger partial charge in [0.1, 0.15) is 5.60 Å². The molecule has 138 valence electrons. The summed E-state index contributed by atoms with van der Waals surface area (Å²) < 4.78 is 34.3. The summed E-state index contributed by atoms with van der Waals surface area (Å²) in [4.78, 5) is 29.2. The summed E-state index contributed by atoms with van der Waals surface area (Å²) in [5.41, 5.74) is -0.725. The zero-order valence-electron chi connectivity index (χ0n) is 14.1. The second-order valence-electron chi connectivity index (χ2n) is 7.13. The van der Waals surface area contributed by atoms with Crippen molar-refractivity contribution in [2.75, 3.05) is 51.4 Å². The molecular formula is C16H22N2O6S. The molecule has 0 aliphatic carbocycles. The molecule has 0 N–H and O–H groups in total. The Bertz CT molecular complexity index is 721. The molecule has 2 amide bonds. The molecule has 2 bridgehead atoms. The fourth-order valence-electron chi connectivity index (χ4n) is 4.39. The molecule has 0 saturated carbocycles. The van der Waals surface area contributed by atoms with Crippen molar-refractivity contribution in [1.29, 1.82) is 0 Å². The molecule has 3 fully saturated rings. The van der Waals surface area contributed by atoms with Crippen molar-refractivity contribution in [3.8, 4) is 0 Å². The average Bonchev–Trinajstić information content (AvgIpc) is 3.21. The molecule has 0 aromatic rings. The summed E-state index contributed by atoms with van der Waals surface area (Å²) in [6, 6.07) is 0. The number of carbonyl (C=O) groups is 2. The molecule has 4 atom stereocenters. The van der Waals surface area contributed by atoms with Crippen LogP contribution in [0.25, 0.3) is 0 Å². The summed E-state index contributed by atoms with van der Waals surface area (Å²) in [7, 11) is -1.48. The van der Waals surface area contributed by atoms with Crippen molar-refractivity contribution in [2.24, 2.45) is 11.8 Å². The molecule has 4 aliphatic rings. The normalized spacial score (nSPS) is 38.4. The van der Waals surface area contributed by atoms with Crippen LogP contribution >= 0.6 is 0 Å². The highest BCUT2D eigenvalue weighted by Gasteiger charge is 2.67. The first-order valence-corrected chi connectivity index (χ1v) is 10.3. The van der Waals surface area contributed by atoms with E-state index >= 15 is 0 Å². The highest BCUT2D eigenvalue weighted by atomic mass is 32.2. The van der Waals surface area contributed by atoms with E-state index in [1.165, 1.54) is 0 Å². The Kier molecular flexibility index (Phi) is 3.93. The average molecular weight is 370 g/mol. The lowest BCUT2D eigenvalue weighted by Crippen LogP contribution is -2.50. The van der Waals surface area contributed by atoms with E-state index in [2.05, 4.69) is 0 Å². The van der Waals surface area contributed by atoms with Gasteiger partial charge >= 0.3 is 0 Å². The van der Waals surface area contributed by atoms with Gasteiger partial charge in [0.2, 0.25) is 11.8 Å². The standard InChI is InChI=1S/C16H22N2O6S/c1-23-7-4-18-10-16-3-2-11(24-16)12(13(16)15(18)20)14(19)17-5-8-25(21,22)9-6-17/h2-3,11-13H,4-10H2,1H3/t11-,12?,13?,16-/m1/s1. The Balaban J connectivity index is 1.54. The molecule has 9 heteroatoms. The molecule has 25 heavy (non-hydrogen) atoms. The number of nitrogens with zero attached hydrogens (tertiary/aromatic N) is 2. The minimum atomic E-state index is -3.06. The number of likely N-dealkylation sites (tertiary alicyclic amines) is 1. The fraction of sp³-hybridized carbons (Fsp3) is 0.750. The van der Waals surface area contributed by atoms with E-state index in [-0.39, 0.29) is 36.4 Å². The van der Waals surface area contributed by atoms with Crippen molar-refractivity contribution in [2.45, 2.75) is 11.7 Å².